The number of phenols is 1. The second-order valence-electron chi connectivity index (χ2n) is 16.9. The standard InChI is InChI=1S/C45H64N4O11/c1-27(2)39-42(56)46-35(26-31-16-13-17-32(51)25-31)43(57)49-24-14-18-34(48-49)44(58)59-37(28(3)15-12-21-38(53)60-45(6,7)8)20-11-9-10-19-36(52)30(5)40(54)33(41(55)47-39)23-22-29(4)50/h9-13,15-17,19,21,25,27,30,33-37,39-40,48,51-52,54H,14,18,20,22-24,26H2,1-8H3,(H,46,56)(H,47,55). The molecule has 2 aliphatic heterocycles. The summed E-state index contributed by atoms with van der Waals surface area (Å²) in [5, 5.41) is 39.5. The lowest BCUT2D eigenvalue weighted by atomic mass is 9.84. The number of Topliss-reactive ketones (excluding diaryl/α,β-unsaturated/α-hetero) is 1. The van der Waals surface area contributed by atoms with Crippen molar-refractivity contribution in [2.24, 2.45) is 17.8 Å². The third-order valence-corrected chi connectivity index (χ3v) is 10.3. The van der Waals surface area contributed by atoms with Crippen molar-refractivity contribution < 1.29 is 53.6 Å². The van der Waals surface area contributed by atoms with Gasteiger partial charge in [-0.15, -0.1) is 0 Å². The Morgan fingerprint density at radius 1 is 1.05 bits per heavy atom. The molecule has 330 valence electrons. The first-order chi connectivity index (χ1) is 28.2. The number of aromatic hydroxyl groups is 1. The summed E-state index contributed by atoms with van der Waals surface area (Å²) in [5.74, 6) is -5.97. The first-order valence-electron chi connectivity index (χ1n) is 20.6. The number of fused-ring (bicyclic) bond motifs is 2. The Bertz CT molecular complexity index is 1800. The first-order valence-corrected chi connectivity index (χ1v) is 20.6. The number of aliphatic hydroxyl groups excluding tert-OH is 2. The molecule has 1 fully saturated rings. The van der Waals surface area contributed by atoms with Crippen LogP contribution in [0.25, 0.3) is 0 Å². The van der Waals surface area contributed by atoms with Gasteiger partial charge in [-0.3, -0.25) is 24.2 Å². The van der Waals surface area contributed by atoms with Crippen LogP contribution >= 0.6 is 0 Å². The molecule has 0 radical (unpaired) electrons. The fourth-order valence-electron chi connectivity index (χ4n) is 6.77. The highest BCUT2D eigenvalue weighted by Gasteiger charge is 2.38. The molecule has 0 aromatic heterocycles. The highest BCUT2D eigenvalue weighted by Crippen LogP contribution is 2.24. The Balaban J connectivity index is 2.07. The zero-order valence-corrected chi connectivity index (χ0v) is 36.1. The number of rotatable bonds is 9. The van der Waals surface area contributed by atoms with Crippen molar-refractivity contribution in [2.45, 2.75) is 136 Å². The number of aliphatic hydroxyl groups is 2. The minimum absolute atomic E-state index is 0.0319. The van der Waals surface area contributed by atoms with Gasteiger partial charge in [-0.1, -0.05) is 69.4 Å². The monoisotopic (exact) mass is 836 g/mol. The Morgan fingerprint density at radius 3 is 2.42 bits per heavy atom. The Labute approximate surface area is 353 Å². The number of hydrazine groups is 1. The summed E-state index contributed by atoms with van der Waals surface area (Å²) in [7, 11) is 0. The number of hydrogen-bond donors (Lipinski definition) is 6. The van der Waals surface area contributed by atoms with Crippen molar-refractivity contribution in [1.29, 1.82) is 0 Å². The number of amides is 3. The second-order valence-corrected chi connectivity index (χ2v) is 16.9. The number of nitrogens with zero attached hydrogens (tertiary/aromatic N) is 1. The SMILES string of the molecule is CC(=O)CCC1C(=O)NC(C(C)C)C(=O)NC(Cc2cccc(O)c2)C(=O)N2CCCC(N2)C(=O)OC(C(C)=CC=CC(=O)OC(C)(C)C)CC=CC=CC(O)C(C)C1O. The minimum Gasteiger partial charge on any atom is -0.508 e. The number of hydrogen-bond acceptors (Lipinski definition) is 12. The number of allylic oxidation sites excluding steroid dienone is 4. The van der Waals surface area contributed by atoms with Gasteiger partial charge in [0, 0.05) is 37.8 Å². The average Bonchev–Trinajstić information content (AvgIpc) is 3.16. The van der Waals surface area contributed by atoms with Crippen molar-refractivity contribution in [1.82, 2.24) is 21.1 Å². The predicted octanol–water partition coefficient (Wildman–Crippen LogP) is 3.67. The van der Waals surface area contributed by atoms with Crippen LogP contribution in [0.1, 0.15) is 93.1 Å². The average molecular weight is 837 g/mol. The van der Waals surface area contributed by atoms with Gasteiger partial charge >= 0.3 is 11.9 Å². The summed E-state index contributed by atoms with van der Waals surface area (Å²) < 4.78 is 11.3. The van der Waals surface area contributed by atoms with Gasteiger partial charge in [-0.2, -0.15) is 0 Å². The van der Waals surface area contributed by atoms with Crippen LogP contribution in [0.5, 0.6) is 5.75 Å². The zero-order chi connectivity index (χ0) is 44.7. The van der Waals surface area contributed by atoms with E-state index in [-0.39, 0.29) is 43.8 Å². The third kappa shape index (κ3) is 15.8. The van der Waals surface area contributed by atoms with Gasteiger partial charge < -0.3 is 40.2 Å². The quantitative estimate of drug-likeness (QED) is 0.119. The van der Waals surface area contributed by atoms with Gasteiger partial charge in [-0.05, 0) is 83.1 Å². The van der Waals surface area contributed by atoms with E-state index in [9.17, 15) is 44.1 Å². The Morgan fingerprint density at radius 2 is 1.77 bits per heavy atom. The summed E-state index contributed by atoms with van der Waals surface area (Å²) >= 11 is 0. The lowest BCUT2D eigenvalue weighted by Crippen LogP contribution is -2.62. The van der Waals surface area contributed by atoms with Gasteiger partial charge in [-0.25, -0.2) is 10.2 Å². The molecule has 15 nitrogen and oxygen atoms in total. The number of ketones is 1. The van der Waals surface area contributed by atoms with Crippen molar-refractivity contribution >= 4 is 35.4 Å². The van der Waals surface area contributed by atoms with Crippen LogP contribution in [0.3, 0.4) is 0 Å². The number of carbonyl (C=O) groups is 6. The number of esters is 2. The van der Waals surface area contributed by atoms with Crippen LogP contribution in [0.15, 0.2) is 72.4 Å². The molecule has 1 aromatic rings. The molecule has 8 unspecified atom stereocenters. The van der Waals surface area contributed by atoms with Crippen LogP contribution in [-0.4, -0.2) is 104 Å². The summed E-state index contributed by atoms with van der Waals surface area (Å²) in [6, 6.07) is 2.88. The molecular weight excluding hydrogens is 773 g/mol. The van der Waals surface area contributed by atoms with E-state index in [1.807, 2.05) is 0 Å². The van der Waals surface area contributed by atoms with Crippen LogP contribution in [-0.2, 0) is 44.7 Å². The van der Waals surface area contributed by atoms with Gasteiger partial charge in [0.1, 0.15) is 41.4 Å². The zero-order valence-electron chi connectivity index (χ0n) is 36.1. The maximum absolute atomic E-state index is 14.3. The molecule has 1 saturated heterocycles. The van der Waals surface area contributed by atoms with E-state index >= 15 is 0 Å². The van der Waals surface area contributed by atoms with Gasteiger partial charge in [0.05, 0.1) is 18.1 Å². The molecular formula is C45H64N4O11. The van der Waals surface area contributed by atoms with Crippen molar-refractivity contribution in [3.8, 4) is 5.75 Å². The van der Waals surface area contributed by atoms with E-state index in [1.165, 1.54) is 42.3 Å². The number of benzene rings is 1. The van der Waals surface area contributed by atoms with Crippen LogP contribution in [0.4, 0.5) is 0 Å². The molecule has 2 bridgehead atoms. The number of carbonyl (C=O) groups excluding carboxylic acids is 6. The van der Waals surface area contributed by atoms with Crippen molar-refractivity contribution in [3.63, 3.8) is 0 Å². The normalized spacial score (nSPS) is 27.1. The predicted molar refractivity (Wildman–Crippen MR) is 224 cm³/mol. The van der Waals surface area contributed by atoms with E-state index in [0.29, 0.717) is 24.0 Å². The maximum atomic E-state index is 14.3. The first kappa shape index (κ1) is 49.2. The van der Waals surface area contributed by atoms with E-state index in [0.717, 1.165) is 0 Å². The number of cyclic esters (lactones) is 1. The lowest BCUT2D eigenvalue weighted by Gasteiger charge is -2.36. The molecule has 8 atom stereocenters. The maximum Gasteiger partial charge on any atom is 0.331 e. The molecule has 0 spiro atoms. The fourth-order valence-corrected chi connectivity index (χ4v) is 6.77. The minimum atomic E-state index is -1.43. The molecule has 3 amide bonds. The highest BCUT2D eigenvalue weighted by molar-refractivity contribution is 5.93. The third-order valence-electron chi connectivity index (χ3n) is 10.3. The van der Waals surface area contributed by atoms with Gasteiger partial charge in [0.15, 0.2) is 0 Å². The summed E-state index contributed by atoms with van der Waals surface area (Å²) in [5.41, 5.74) is 3.42. The van der Waals surface area contributed by atoms with Gasteiger partial charge in [0.2, 0.25) is 11.8 Å². The molecule has 2 heterocycles. The highest BCUT2D eigenvalue weighted by atomic mass is 16.6. The fraction of sp³-hybridized carbons (Fsp3) is 0.556. The number of phenolic OH excluding ortho intramolecular Hbond substituents is 1. The van der Waals surface area contributed by atoms with E-state index < -0.39 is 89.5 Å². The number of ether oxygens (including phenoxy) is 2. The van der Waals surface area contributed by atoms with Gasteiger partial charge in [0.25, 0.3) is 5.91 Å². The largest absolute Gasteiger partial charge is 0.508 e. The Kier molecular flexibility index (Phi) is 18.9. The molecule has 0 saturated carbocycles. The topological polar surface area (TPSA) is 221 Å². The van der Waals surface area contributed by atoms with E-state index in [2.05, 4.69) is 16.1 Å². The molecule has 6 N–H and O–H groups in total. The number of nitrogens with one attached hydrogen (secondary N) is 3. The smallest absolute Gasteiger partial charge is 0.331 e. The van der Waals surface area contributed by atoms with Crippen LogP contribution in [0, 0.1) is 17.8 Å². The van der Waals surface area contributed by atoms with E-state index in [1.54, 1.807) is 84.9 Å². The molecule has 15 heteroatoms. The second kappa shape index (κ2) is 23.0. The molecule has 1 aromatic carbocycles. The summed E-state index contributed by atoms with van der Waals surface area (Å²) in [6.07, 6.45) is 8.10. The summed E-state index contributed by atoms with van der Waals surface area (Å²) in [4.78, 5) is 80.4. The van der Waals surface area contributed by atoms with Crippen LogP contribution in [0.2, 0.25) is 0 Å². The van der Waals surface area contributed by atoms with Crippen molar-refractivity contribution in [3.05, 3.63) is 77.9 Å². The van der Waals surface area contributed by atoms with Crippen LogP contribution < -0.4 is 16.1 Å². The molecule has 60 heavy (non-hydrogen) atoms. The molecule has 2 aliphatic rings. The lowest BCUT2D eigenvalue weighted by molar-refractivity contribution is -0.156. The van der Waals surface area contributed by atoms with E-state index in [4.69, 9.17) is 9.47 Å². The van der Waals surface area contributed by atoms with Crippen molar-refractivity contribution in [2.75, 3.05) is 6.54 Å². The molecule has 3 rings (SSSR count). The Hall–Kier alpha value is -5.12. The molecule has 0 aliphatic carbocycles. The summed E-state index contributed by atoms with van der Waals surface area (Å²) in [6.45, 7) is 13.5.